The first kappa shape index (κ1) is 30.2. The average Bonchev–Trinajstić information content (AvgIpc) is 3.20. The Bertz CT molecular complexity index is 1140. The Morgan fingerprint density at radius 3 is 2.06 bits per heavy atom. The summed E-state index contributed by atoms with van der Waals surface area (Å²) in [5.74, 6) is 0. The molecular weight excluding hydrogens is 512 g/mol. The number of aromatic nitrogens is 4. The van der Waals surface area contributed by atoms with Crippen molar-refractivity contribution in [1.82, 2.24) is 19.1 Å². The maximum absolute atomic E-state index is 11.4. The Morgan fingerprint density at radius 2 is 1.62 bits per heavy atom. The van der Waals surface area contributed by atoms with Gasteiger partial charge in [-0.2, -0.15) is 4.31 Å². The summed E-state index contributed by atoms with van der Waals surface area (Å²) in [5, 5.41) is 36.1. The number of ether oxygens (including phenoxy) is 1. The first-order valence-corrected chi connectivity index (χ1v) is 11.9. The number of fused-ring (bicyclic) bond motifs is 1. The van der Waals surface area contributed by atoms with Crippen molar-refractivity contribution >= 4 is 26.8 Å². The zero-order valence-corrected chi connectivity index (χ0v) is 19.3. The molecule has 0 unspecified atom stereocenters. The number of rotatable bonds is 3. The second-order valence-electron chi connectivity index (χ2n) is 6.68. The average molecular weight is 537 g/mol. The summed E-state index contributed by atoms with van der Waals surface area (Å²) in [5.41, 5.74) is 5.27. The van der Waals surface area contributed by atoms with E-state index >= 15 is 0 Å². The van der Waals surface area contributed by atoms with E-state index in [1.807, 2.05) is 0 Å². The van der Waals surface area contributed by atoms with Gasteiger partial charge in [-0.15, -0.1) is 0 Å². The zero-order valence-electron chi connectivity index (χ0n) is 17.5. The predicted octanol–water partition coefficient (Wildman–Crippen LogP) is -5.11. The number of aromatic amines is 1. The molecule has 1 fully saturated rings. The molecule has 3 heterocycles. The number of H-pyrrole nitrogens is 1. The molecule has 0 aliphatic carbocycles. The highest BCUT2D eigenvalue weighted by molar-refractivity contribution is 7.60. The van der Waals surface area contributed by atoms with Crippen LogP contribution in [-0.4, -0.2) is 96.4 Å². The highest BCUT2D eigenvalue weighted by atomic mass is 31.3. The van der Waals surface area contributed by atoms with Gasteiger partial charge in [-0.05, 0) is 0 Å². The molecule has 0 amide bonds. The minimum absolute atomic E-state index is 0.351. The summed E-state index contributed by atoms with van der Waals surface area (Å²) in [6.45, 7) is -0.470. The van der Waals surface area contributed by atoms with Crippen molar-refractivity contribution in [2.45, 2.75) is 30.6 Å². The molecule has 0 radical (unpaired) electrons. The van der Waals surface area contributed by atoms with Crippen molar-refractivity contribution in [2.75, 3.05) is 6.61 Å². The standard InChI is InChI=1S/C7H8N4O2.C6H13NO5.H4O7P2/c1-10-5-4(8-3-9-5)6(12)11(2)7(10)13;7-3-5(10)4(9)2(1-8)12-6(3)11;1-8(2,3)7-9(4,5)6/h3H,1-2H3,(H,8,9);2-6,8-11H,1,7H2;(H2,1,2,3)(H2,4,5,6)/t;2-,3-,4-,5-,6-;/m.1./s1. The van der Waals surface area contributed by atoms with E-state index in [-0.39, 0.29) is 11.2 Å². The van der Waals surface area contributed by atoms with Crippen molar-refractivity contribution in [1.29, 1.82) is 0 Å². The van der Waals surface area contributed by atoms with Crippen molar-refractivity contribution in [3.63, 3.8) is 0 Å². The van der Waals surface area contributed by atoms with Gasteiger partial charge in [0, 0.05) is 14.1 Å². The van der Waals surface area contributed by atoms with E-state index in [2.05, 4.69) is 14.3 Å². The molecule has 0 saturated carbocycles. The monoisotopic (exact) mass is 537 g/mol. The molecule has 0 bridgehead atoms. The van der Waals surface area contributed by atoms with E-state index in [0.717, 1.165) is 4.57 Å². The Labute approximate surface area is 189 Å². The summed E-state index contributed by atoms with van der Waals surface area (Å²) in [7, 11) is -7.09. The fourth-order valence-corrected chi connectivity index (χ4v) is 3.63. The largest absolute Gasteiger partial charge is 0.478 e. The molecule has 1 saturated heterocycles. The molecule has 19 nitrogen and oxygen atoms in total. The molecule has 0 aromatic carbocycles. The second-order valence-corrected chi connectivity index (χ2v) is 9.29. The minimum atomic E-state index is -5.05. The molecule has 0 spiro atoms. The number of imidazole rings is 1. The minimum Gasteiger partial charge on any atom is -0.394 e. The molecular formula is C13H25N5O14P2. The van der Waals surface area contributed by atoms with Gasteiger partial charge in [0.25, 0.3) is 5.56 Å². The van der Waals surface area contributed by atoms with E-state index in [1.165, 1.54) is 17.9 Å². The number of hydrogen-bond acceptors (Lipinski definition) is 12. The molecule has 1 aliphatic heterocycles. The quantitative estimate of drug-likeness (QED) is 0.164. The van der Waals surface area contributed by atoms with E-state index in [1.54, 1.807) is 7.05 Å². The van der Waals surface area contributed by atoms with Crippen LogP contribution < -0.4 is 17.0 Å². The number of hydrogen-bond donors (Lipinski definition) is 10. The number of aliphatic hydroxyl groups excluding tert-OH is 4. The van der Waals surface area contributed by atoms with Crippen LogP contribution in [0.4, 0.5) is 0 Å². The van der Waals surface area contributed by atoms with Crippen LogP contribution in [0.2, 0.25) is 0 Å². The van der Waals surface area contributed by atoms with E-state index < -0.39 is 52.9 Å². The Kier molecular flexibility index (Phi) is 10.4. The lowest BCUT2D eigenvalue weighted by atomic mass is 9.98. The molecule has 2 aromatic heterocycles. The Hall–Kier alpha value is -1.83. The topological polar surface area (TPSA) is 313 Å². The van der Waals surface area contributed by atoms with Crippen LogP contribution in [0.3, 0.4) is 0 Å². The van der Waals surface area contributed by atoms with Crippen LogP contribution in [0.25, 0.3) is 11.2 Å². The number of aryl methyl sites for hydroxylation is 1. The summed E-state index contributed by atoms with van der Waals surface area (Å²) in [6.07, 6.45) is -3.46. The third-order valence-electron chi connectivity index (χ3n) is 4.19. The van der Waals surface area contributed by atoms with E-state index in [9.17, 15) is 28.9 Å². The van der Waals surface area contributed by atoms with Gasteiger partial charge >= 0.3 is 21.3 Å². The summed E-state index contributed by atoms with van der Waals surface area (Å²) in [6, 6.07) is -1.04. The summed E-state index contributed by atoms with van der Waals surface area (Å²) in [4.78, 5) is 60.4. The normalized spacial score (nSPS) is 25.2. The van der Waals surface area contributed by atoms with Gasteiger partial charge < -0.3 is 55.5 Å². The molecule has 5 atom stereocenters. The number of nitrogens with two attached hydrogens (primary N) is 1. The number of nitrogens with zero attached hydrogens (tertiary/aromatic N) is 3. The zero-order chi connectivity index (χ0) is 26.6. The van der Waals surface area contributed by atoms with Crippen LogP contribution in [-0.2, 0) is 32.3 Å². The molecule has 11 N–H and O–H groups in total. The van der Waals surface area contributed by atoms with Crippen LogP contribution in [0.5, 0.6) is 0 Å². The van der Waals surface area contributed by atoms with E-state index in [4.69, 9.17) is 40.3 Å². The molecule has 3 rings (SSSR count). The Balaban J connectivity index is 0.000000260. The summed E-state index contributed by atoms with van der Waals surface area (Å²) < 4.78 is 29.3. The van der Waals surface area contributed by atoms with Crippen molar-refractivity contribution < 1.29 is 58.2 Å². The molecule has 2 aromatic rings. The van der Waals surface area contributed by atoms with Gasteiger partial charge in [0.05, 0.1) is 19.0 Å². The SMILES string of the molecule is Cn1c(=O)c2[nH]cnc2n(C)c1=O.N[C@@H]1[C@@H](O)[C@H](O)[C@@H](CO)O[C@H]1O.O=P(O)(O)OP(=O)(O)O. The van der Waals surface area contributed by atoms with Crippen molar-refractivity contribution in [2.24, 2.45) is 19.8 Å². The molecule has 1 aliphatic rings. The first-order chi connectivity index (χ1) is 15.4. The van der Waals surface area contributed by atoms with Gasteiger partial charge in [0.2, 0.25) is 0 Å². The Morgan fingerprint density at radius 1 is 1.09 bits per heavy atom. The van der Waals surface area contributed by atoms with Crippen LogP contribution in [0, 0.1) is 0 Å². The van der Waals surface area contributed by atoms with Crippen molar-refractivity contribution in [3.05, 3.63) is 27.2 Å². The van der Waals surface area contributed by atoms with Gasteiger partial charge in [-0.25, -0.2) is 18.9 Å². The van der Waals surface area contributed by atoms with Gasteiger partial charge in [0.1, 0.15) is 23.8 Å². The number of aliphatic hydroxyl groups is 4. The lowest BCUT2D eigenvalue weighted by molar-refractivity contribution is -0.248. The number of phosphoric acid groups is 2. The lowest BCUT2D eigenvalue weighted by Gasteiger charge is -2.38. The smallest absolute Gasteiger partial charge is 0.394 e. The van der Waals surface area contributed by atoms with Crippen LogP contribution in [0.15, 0.2) is 15.9 Å². The molecule has 196 valence electrons. The number of nitrogens with one attached hydrogen (secondary N) is 1. The van der Waals surface area contributed by atoms with Gasteiger partial charge in [0.15, 0.2) is 11.9 Å². The van der Waals surface area contributed by atoms with Gasteiger partial charge in [-0.3, -0.25) is 13.9 Å². The second kappa shape index (κ2) is 11.7. The highest BCUT2D eigenvalue weighted by Gasteiger charge is 2.41. The molecule has 21 heteroatoms. The maximum atomic E-state index is 11.4. The highest BCUT2D eigenvalue weighted by Crippen LogP contribution is 2.53. The first-order valence-electron chi connectivity index (χ1n) is 8.89. The maximum Gasteiger partial charge on any atom is 0.478 e. The predicted molar refractivity (Wildman–Crippen MR) is 110 cm³/mol. The lowest BCUT2D eigenvalue weighted by Crippen LogP contribution is -2.61. The summed E-state index contributed by atoms with van der Waals surface area (Å²) >= 11 is 0. The fourth-order valence-electron chi connectivity index (χ4n) is 2.53. The molecule has 34 heavy (non-hydrogen) atoms. The van der Waals surface area contributed by atoms with Crippen molar-refractivity contribution in [3.8, 4) is 0 Å². The van der Waals surface area contributed by atoms with Crippen LogP contribution in [0.1, 0.15) is 0 Å². The van der Waals surface area contributed by atoms with Crippen LogP contribution >= 0.6 is 15.6 Å². The third-order valence-corrected chi connectivity index (χ3v) is 5.89. The van der Waals surface area contributed by atoms with E-state index in [0.29, 0.717) is 11.2 Å². The van der Waals surface area contributed by atoms with Gasteiger partial charge in [-0.1, -0.05) is 0 Å². The fraction of sp³-hybridized carbons (Fsp3) is 0.615. The third kappa shape index (κ3) is 8.14.